The van der Waals surface area contributed by atoms with Crippen molar-refractivity contribution in [3.8, 4) is 5.75 Å². The van der Waals surface area contributed by atoms with Crippen LogP contribution in [-0.4, -0.2) is 18.4 Å². The maximum atomic E-state index is 12.6. The number of rotatable bonds is 4. The Kier molecular flexibility index (Phi) is 4.53. The van der Waals surface area contributed by atoms with Gasteiger partial charge in [-0.15, -0.1) is 0 Å². The normalized spacial score (nSPS) is 15.8. The fourth-order valence-electron chi connectivity index (χ4n) is 2.39. The maximum absolute atomic E-state index is 12.6. The third-order valence-electron chi connectivity index (χ3n) is 3.48. The zero-order chi connectivity index (χ0) is 17.1. The van der Waals surface area contributed by atoms with Crippen molar-refractivity contribution in [1.82, 2.24) is 5.43 Å². The van der Waals surface area contributed by atoms with E-state index in [1.165, 1.54) is 11.1 Å². The Morgan fingerprint density at radius 2 is 1.92 bits per heavy atom. The number of carbonyl (C=O) groups excluding carboxylic acids is 2. The number of hydrazine groups is 1. The van der Waals surface area contributed by atoms with E-state index in [2.05, 4.69) is 5.43 Å². The molecule has 5 nitrogen and oxygen atoms in total. The molecule has 1 saturated heterocycles. The van der Waals surface area contributed by atoms with Crippen molar-refractivity contribution >= 4 is 35.2 Å². The van der Waals surface area contributed by atoms with E-state index in [0.29, 0.717) is 28.6 Å². The summed E-state index contributed by atoms with van der Waals surface area (Å²) in [5, 5.41) is 1.72. The number of para-hydroxylation sites is 1. The highest BCUT2D eigenvalue weighted by molar-refractivity contribution is 6.32. The highest BCUT2D eigenvalue weighted by atomic mass is 35.5. The van der Waals surface area contributed by atoms with Crippen LogP contribution in [0, 0.1) is 0 Å². The van der Waals surface area contributed by atoms with E-state index in [1.807, 2.05) is 13.0 Å². The Bertz CT molecular complexity index is 818. The molecule has 6 heteroatoms. The summed E-state index contributed by atoms with van der Waals surface area (Å²) in [5.74, 6) is -0.326. The van der Waals surface area contributed by atoms with E-state index in [1.54, 1.807) is 42.5 Å². The minimum absolute atomic E-state index is 0.0297. The van der Waals surface area contributed by atoms with Gasteiger partial charge in [0.1, 0.15) is 11.3 Å². The lowest BCUT2D eigenvalue weighted by molar-refractivity contribution is -0.117. The smallest absolute Gasteiger partial charge is 0.282 e. The van der Waals surface area contributed by atoms with Crippen molar-refractivity contribution in [2.45, 2.75) is 6.92 Å². The summed E-state index contributed by atoms with van der Waals surface area (Å²) in [7, 11) is 0. The molecule has 1 N–H and O–H groups in total. The monoisotopic (exact) mass is 342 g/mol. The molecule has 0 bridgehead atoms. The lowest BCUT2D eigenvalue weighted by atomic mass is 10.1. The molecule has 0 atom stereocenters. The standard InChI is InChI=1S/C18H15ClN2O3/c1-2-24-16-9-8-13(19)10-12(16)11-15-17(22)20-21(18(15)23)14-6-4-3-5-7-14/h3-11H,2H2,1H3,(H,20,22)/b15-11-. The van der Waals surface area contributed by atoms with Crippen molar-refractivity contribution in [2.75, 3.05) is 11.6 Å². The molecule has 1 fully saturated rings. The number of hydrogen-bond donors (Lipinski definition) is 1. The predicted octanol–water partition coefficient (Wildman–Crippen LogP) is 3.20. The van der Waals surface area contributed by atoms with Gasteiger partial charge in [-0.25, -0.2) is 5.01 Å². The summed E-state index contributed by atoms with van der Waals surface area (Å²) in [5.41, 5.74) is 3.76. The van der Waals surface area contributed by atoms with Gasteiger partial charge < -0.3 is 4.74 Å². The third-order valence-corrected chi connectivity index (χ3v) is 3.71. The predicted molar refractivity (Wildman–Crippen MR) is 92.7 cm³/mol. The topological polar surface area (TPSA) is 58.6 Å². The van der Waals surface area contributed by atoms with Crippen LogP contribution in [0.4, 0.5) is 5.69 Å². The number of nitrogens with zero attached hydrogens (tertiary/aromatic N) is 1. The summed E-state index contributed by atoms with van der Waals surface area (Å²) in [6, 6.07) is 14.0. The van der Waals surface area contributed by atoms with Crippen LogP contribution in [0.3, 0.4) is 0 Å². The number of nitrogens with one attached hydrogen (secondary N) is 1. The van der Waals surface area contributed by atoms with E-state index in [0.717, 1.165) is 0 Å². The van der Waals surface area contributed by atoms with Gasteiger partial charge in [0, 0.05) is 10.6 Å². The number of halogens is 1. The van der Waals surface area contributed by atoms with Crippen LogP contribution in [0.1, 0.15) is 12.5 Å². The van der Waals surface area contributed by atoms with Gasteiger partial charge in [-0.3, -0.25) is 15.0 Å². The number of benzene rings is 2. The van der Waals surface area contributed by atoms with Gasteiger partial charge in [-0.2, -0.15) is 0 Å². The fraction of sp³-hybridized carbons (Fsp3) is 0.111. The summed E-state index contributed by atoms with van der Waals surface area (Å²) < 4.78 is 5.52. The van der Waals surface area contributed by atoms with Crippen molar-refractivity contribution in [2.24, 2.45) is 0 Å². The van der Waals surface area contributed by atoms with Gasteiger partial charge >= 0.3 is 0 Å². The molecular weight excluding hydrogens is 328 g/mol. The molecule has 0 radical (unpaired) electrons. The second-order valence-electron chi connectivity index (χ2n) is 5.09. The molecule has 0 spiro atoms. The van der Waals surface area contributed by atoms with Crippen LogP contribution < -0.4 is 15.2 Å². The second-order valence-corrected chi connectivity index (χ2v) is 5.53. The quantitative estimate of drug-likeness (QED) is 0.685. The molecule has 1 aliphatic rings. The molecule has 0 unspecified atom stereocenters. The first kappa shape index (κ1) is 16.1. The molecule has 3 rings (SSSR count). The van der Waals surface area contributed by atoms with Crippen molar-refractivity contribution < 1.29 is 14.3 Å². The van der Waals surface area contributed by atoms with Crippen molar-refractivity contribution in [3.63, 3.8) is 0 Å². The average molecular weight is 343 g/mol. The molecule has 2 aromatic rings. The third kappa shape index (κ3) is 3.12. The van der Waals surface area contributed by atoms with Gasteiger partial charge in [-0.05, 0) is 43.3 Å². The summed E-state index contributed by atoms with van der Waals surface area (Å²) >= 11 is 6.02. The van der Waals surface area contributed by atoms with Gasteiger partial charge in [0.2, 0.25) is 0 Å². The molecule has 0 aromatic heterocycles. The lowest BCUT2D eigenvalue weighted by Gasteiger charge is -2.14. The maximum Gasteiger partial charge on any atom is 0.282 e. The molecule has 1 aliphatic heterocycles. The van der Waals surface area contributed by atoms with Crippen LogP contribution in [0.5, 0.6) is 5.75 Å². The second kappa shape index (κ2) is 6.76. The van der Waals surface area contributed by atoms with Crippen LogP contribution in [-0.2, 0) is 9.59 Å². The molecular formula is C18H15ClN2O3. The zero-order valence-corrected chi connectivity index (χ0v) is 13.7. The Hall–Kier alpha value is -2.79. The van der Waals surface area contributed by atoms with Gasteiger partial charge in [-0.1, -0.05) is 29.8 Å². The summed E-state index contributed by atoms with van der Waals surface area (Å²) in [6.45, 7) is 2.32. The largest absolute Gasteiger partial charge is 0.493 e. The lowest BCUT2D eigenvalue weighted by Crippen LogP contribution is -2.35. The van der Waals surface area contributed by atoms with Gasteiger partial charge in [0.15, 0.2) is 0 Å². The highest BCUT2D eigenvalue weighted by Crippen LogP contribution is 2.27. The first-order valence-corrected chi connectivity index (χ1v) is 7.82. The SMILES string of the molecule is CCOc1ccc(Cl)cc1/C=C1/C(=O)NN(c2ccccc2)C1=O. The van der Waals surface area contributed by atoms with Gasteiger partial charge in [0.25, 0.3) is 11.8 Å². The number of ether oxygens (including phenoxy) is 1. The number of carbonyl (C=O) groups is 2. The van der Waals surface area contributed by atoms with Crippen LogP contribution >= 0.6 is 11.6 Å². The van der Waals surface area contributed by atoms with E-state index in [-0.39, 0.29) is 5.57 Å². The minimum Gasteiger partial charge on any atom is -0.493 e. The van der Waals surface area contributed by atoms with Crippen molar-refractivity contribution in [3.05, 3.63) is 64.7 Å². The average Bonchev–Trinajstić information content (AvgIpc) is 2.86. The molecule has 2 amide bonds. The van der Waals surface area contributed by atoms with E-state index < -0.39 is 11.8 Å². The Morgan fingerprint density at radius 3 is 2.62 bits per heavy atom. The molecule has 24 heavy (non-hydrogen) atoms. The van der Waals surface area contributed by atoms with Crippen LogP contribution in [0.15, 0.2) is 54.1 Å². The van der Waals surface area contributed by atoms with E-state index >= 15 is 0 Å². The summed E-state index contributed by atoms with van der Waals surface area (Å²) in [6.07, 6.45) is 1.50. The van der Waals surface area contributed by atoms with E-state index in [9.17, 15) is 9.59 Å². The van der Waals surface area contributed by atoms with Crippen molar-refractivity contribution in [1.29, 1.82) is 0 Å². The first-order chi connectivity index (χ1) is 11.6. The van der Waals surface area contributed by atoms with E-state index in [4.69, 9.17) is 16.3 Å². The number of amides is 2. The Labute approximate surface area is 144 Å². The Balaban J connectivity index is 1.98. The molecule has 0 saturated carbocycles. The number of hydrogen-bond acceptors (Lipinski definition) is 3. The van der Waals surface area contributed by atoms with Crippen LogP contribution in [0.25, 0.3) is 6.08 Å². The molecule has 122 valence electrons. The highest BCUT2D eigenvalue weighted by Gasteiger charge is 2.34. The zero-order valence-electron chi connectivity index (χ0n) is 13.0. The first-order valence-electron chi connectivity index (χ1n) is 7.44. The van der Waals surface area contributed by atoms with Crippen LogP contribution in [0.2, 0.25) is 5.02 Å². The minimum atomic E-state index is -0.466. The van der Waals surface area contributed by atoms with Gasteiger partial charge in [0.05, 0.1) is 12.3 Å². The summed E-state index contributed by atoms with van der Waals surface area (Å²) in [4.78, 5) is 24.8. The molecule has 0 aliphatic carbocycles. The molecule has 2 aromatic carbocycles. The molecule has 1 heterocycles. The Morgan fingerprint density at radius 1 is 1.17 bits per heavy atom. The number of anilines is 1. The fourth-order valence-corrected chi connectivity index (χ4v) is 2.57.